The number of ether oxygens (including phenoxy) is 1. The predicted octanol–water partition coefficient (Wildman–Crippen LogP) is 1.65. The van der Waals surface area contributed by atoms with Gasteiger partial charge in [0.1, 0.15) is 18.9 Å². The standard InChI is InChI=1S/C22H21N5O4/c1-25-14-23-20-19(25)21(29)27(22(30)26(20)2)12-18(28)24-16-8-10-17(11-9-16)31-13-15-6-4-3-5-7-15/h3-11,14H,12-13H2,1-2H3,(H,24,28). The molecule has 158 valence electrons. The molecule has 4 rings (SSSR count). The molecule has 0 saturated heterocycles. The maximum absolute atomic E-state index is 12.7. The molecule has 0 spiro atoms. The highest BCUT2D eigenvalue weighted by molar-refractivity contribution is 5.90. The first-order valence-electron chi connectivity index (χ1n) is 9.61. The van der Waals surface area contributed by atoms with Crippen LogP contribution < -0.4 is 21.3 Å². The lowest BCUT2D eigenvalue weighted by Crippen LogP contribution is -2.42. The van der Waals surface area contributed by atoms with E-state index in [1.165, 1.54) is 22.5 Å². The van der Waals surface area contributed by atoms with Crippen LogP contribution >= 0.6 is 0 Å². The van der Waals surface area contributed by atoms with Crippen LogP contribution in [0.3, 0.4) is 0 Å². The number of nitrogens with zero attached hydrogens (tertiary/aromatic N) is 4. The van der Waals surface area contributed by atoms with Crippen LogP contribution in [-0.2, 0) is 32.0 Å². The Morgan fingerprint density at radius 2 is 1.74 bits per heavy atom. The van der Waals surface area contributed by atoms with Crippen molar-refractivity contribution in [2.45, 2.75) is 13.2 Å². The van der Waals surface area contributed by atoms with Gasteiger partial charge in [-0.2, -0.15) is 0 Å². The number of carbonyl (C=O) groups excluding carboxylic acids is 1. The minimum atomic E-state index is -0.601. The molecule has 0 radical (unpaired) electrons. The quantitative estimate of drug-likeness (QED) is 0.512. The summed E-state index contributed by atoms with van der Waals surface area (Å²) in [7, 11) is 3.17. The van der Waals surface area contributed by atoms with Gasteiger partial charge in [0.05, 0.1) is 6.33 Å². The fourth-order valence-electron chi connectivity index (χ4n) is 3.26. The maximum Gasteiger partial charge on any atom is 0.332 e. The number of anilines is 1. The molecule has 1 amide bonds. The van der Waals surface area contributed by atoms with Gasteiger partial charge in [-0.15, -0.1) is 0 Å². The monoisotopic (exact) mass is 419 g/mol. The highest BCUT2D eigenvalue weighted by Gasteiger charge is 2.17. The SMILES string of the molecule is Cn1cnc2c1c(=O)n(CC(=O)Nc1ccc(OCc3ccccc3)cc1)c(=O)n2C. The molecule has 0 fully saturated rings. The third-order valence-corrected chi connectivity index (χ3v) is 4.89. The Kier molecular flexibility index (Phi) is 5.40. The van der Waals surface area contributed by atoms with Crippen molar-refractivity contribution in [1.29, 1.82) is 0 Å². The number of aryl methyl sites for hydroxylation is 2. The Hall–Kier alpha value is -4.14. The zero-order chi connectivity index (χ0) is 22.0. The largest absolute Gasteiger partial charge is 0.489 e. The number of fused-ring (bicyclic) bond motifs is 1. The van der Waals surface area contributed by atoms with Gasteiger partial charge < -0.3 is 14.6 Å². The lowest BCUT2D eigenvalue weighted by Gasteiger charge is -2.10. The molecule has 2 heterocycles. The molecule has 9 nitrogen and oxygen atoms in total. The number of imidazole rings is 1. The van der Waals surface area contributed by atoms with Gasteiger partial charge in [-0.3, -0.25) is 14.2 Å². The van der Waals surface area contributed by atoms with Crippen LogP contribution in [0.1, 0.15) is 5.56 Å². The van der Waals surface area contributed by atoms with Crippen molar-refractivity contribution >= 4 is 22.8 Å². The molecule has 0 unspecified atom stereocenters. The molecule has 0 aliphatic heterocycles. The normalized spacial score (nSPS) is 10.9. The van der Waals surface area contributed by atoms with Crippen LogP contribution in [0.2, 0.25) is 0 Å². The molecule has 9 heteroatoms. The molecular formula is C22H21N5O4. The van der Waals surface area contributed by atoms with Crippen molar-refractivity contribution in [3.8, 4) is 5.75 Å². The summed E-state index contributed by atoms with van der Waals surface area (Å²) in [5, 5.41) is 2.70. The fraction of sp³-hybridized carbons (Fsp3) is 0.182. The van der Waals surface area contributed by atoms with Crippen LogP contribution in [0.5, 0.6) is 5.75 Å². The molecule has 4 aromatic rings. The first kappa shape index (κ1) is 20.1. The summed E-state index contributed by atoms with van der Waals surface area (Å²) in [6, 6.07) is 16.7. The first-order valence-corrected chi connectivity index (χ1v) is 9.61. The van der Waals surface area contributed by atoms with Gasteiger partial charge in [-0.1, -0.05) is 30.3 Å². The molecule has 0 saturated carbocycles. The van der Waals surface area contributed by atoms with Crippen LogP contribution in [0.25, 0.3) is 11.2 Å². The second kappa shape index (κ2) is 8.31. The molecule has 0 bridgehead atoms. The van der Waals surface area contributed by atoms with Crippen molar-refractivity contribution < 1.29 is 9.53 Å². The van der Waals surface area contributed by atoms with Gasteiger partial charge in [-0.25, -0.2) is 14.3 Å². The molecule has 0 aliphatic rings. The van der Waals surface area contributed by atoms with Crippen molar-refractivity contribution in [2.24, 2.45) is 14.1 Å². The van der Waals surface area contributed by atoms with E-state index in [4.69, 9.17) is 4.74 Å². The van der Waals surface area contributed by atoms with Crippen molar-refractivity contribution in [3.05, 3.63) is 87.3 Å². The Morgan fingerprint density at radius 1 is 1.03 bits per heavy atom. The third-order valence-electron chi connectivity index (χ3n) is 4.89. The minimum absolute atomic E-state index is 0.259. The van der Waals surface area contributed by atoms with E-state index in [2.05, 4.69) is 10.3 Å². The molecule has 2 aromatic heterocycles. The van der Waals surface area contributed by atoms with Crippen LogP contribution in [0.4, 0.5) is 5.69 Å². The van der Waals surface area contributed by atoms with E-state index in [0.717, 1.165) is 10.1 Å². The zero-order valence-electron chi connectivity index (χ0n) is 17.1. The van der Waals surface area contributed by atoms with E-state index in [-0.39, 0.29) is 11.2 Å². The topological polar surface area (TPSA) is 100 Å². The summed E-state index contributed by atoms with van der Waals surface area (Å²) in [4.78, 5) is 41.8. The molecule has 2 aromatic carbocycles. The van der Waals surface area contributed by atoms with Gasteiger partial charge in [0.25, 0.3) is 5.56 Å². The summed E-state index contributed by atoms with van der Waals surface area (Å²) >= 11 is 0. The molecule has 0 atom stereocenters. The fourth-order valence-corrected chi connectivity index (χ4v) is 3.26. The number of hydrogen-bond donors (Lipinski definition) is 1. The first-order chi connectivity index (χ1) is 14.9. The summed E-state index contributed by atoms with van der Waals surface area (Å²) in [5.74, 6) is 0.173. The van der Waals surface area contributed by atoms with Gasteiger partial charge in [-0.05, 0) is 29.8 Å². The highest BCUT2D eigenvalue weighted by Crippen LogP contribution is 2.17. The second-order valence-electron chi connectivity index (χ2n) is 7.11. The minimum Gasteiger partial charge on any atom is -0.489 e. The Labute approximate surface area is 177 Å². The van der Waals surface area contributed by atoms with E-state index >= 15 is 0 Å². The van der Waals surface area contributed by atoms with Gasteiger partial charge in [0, 0.05) is 19.8 Å². The number of hydrogen-bond acceptors (Lipinski definition) is 5. The Balaban J connectivity index is 1.45. The Bertz CT molecular complexity index is 1350. The highest BCUT2D eigenvalue weighted by atomic mass is 16.5. The second-order valence-corrected chi connectivity index (χ2v) is 7.11. The molecule has 0 aliphatic carbocycles. The summed E-state index contributed by atoms with van der Waals surface area (Å²) < 4.78 is 9.41. The zero-order valence-corrected chi connectivity index (χ0v) is 17.1. The average molecular weight is 419 g/mol. The third kappa shape index (κ3) is 4.11. The van der Waals surface area contributed by atoms with Crippen LogP contribution in [0.15, 0.2) is 70.5 Å². The predicted molar refractivity (Wildman–Crippen MR) is 116 cm³/mol. The average Bonchev–Trinajstić information content (AvgIpc) is 3.17. The van der Waals surface area contributed by atoms with Gasteiger partial charge in [0.2, 0.25) is 5.91 Å². The van der Waals surface area contributed by atoms with Crippen molar-refractivity contribution in [1.82, 2.24) is 18.7 Å². The summed E-state index contributed by atoms with van der Waals surface area (Å²) in [6.07, 6.45) is 1.46. The smallest absolute Gasteiger partial charge is 0.332 e. The van der Waals surface area contributed by atoms with Gasteiger partial charge in [0.15, 0.2) is 11.2 Å². The van der Waals surface area contributed by atoms with E-state index < -0.39 is 23.7 Å². The van der Waals surface area contributed by atoms with E-state index in [9.17, 15) is 14.4 Å². The number of rotatable bonds is 6. The maximum atomic E-state index is 12.7. The number of nitrogens with one attached hydrogen (secondary N) is 1. The van der Waals surface area contributed by atoms with E-state index in [1.807, 2.05) is 30.3 Å². The Morgan fingerprint density at radius 3 is 2.45 bits per heavy atom. The van der Waals surface area contributed by atoms with Crippen molar-refractivity contribution in [3.63, 3.8) is 0 Å². The number of carbonyl (C=O) groups is 1. The van der Waals surface area contributed by atoms with Gasteiger partial charge >= 0.3 is 5.69 Å². The number of amides is 1. The molecule has 31 heavy (non-hydrogen) atoms. The van der Waals surface area contributed by atoms with Crippen molar-refractivity contribution in [2.75, 3.05) is 5.32 Å². The van der Waals surface area contributed by atoms with Crippen LogP contribution in [0, 0.1) is 0 Å². The van der Waals surface area contributed by atoms with E-state index in [1.54, 1.807) is 31.3 Å². The number of benzene rings is 2. The lowest BCUT2D eigenvalue weighted by molar-refractivity contribution is -0.116. The number of aromatic nitrogens is 4. The lowest BCUT2D eigenvalue weighted by atomic mass is 10.2. The van der Waals surface area contributed by atoms with E-state index in [0.29, 0.717) is 18.0 Å². The summed E-state index contributed by atoms with van der Waals surface area (Å²) in [5.41, 5.74) is 0.963. The summed E-state index contributed by atoms with van der Waals surface area (Å²) in [6.45, 7) is 0.0358. The van der Waals surface area contributed by atoms with Crippen LogP contribution in [-0.4, -0.2) is 24.6 Å². The molecule has 1 N–H and O–H groups in total. The molecular weight excluding hydrogens is 398 g/mol.